The van der Waals surface area contributed by atoms with Crippen LogP contribution in [0.15, 0.2) is 11.4 Å². The summed E-state index contributed by atoms with van der Waals surface area (Å²) in [5.74, 6) is -0.0107. The van der Waals surface area contributed by atoms with Gasteiger partial charge in [0, 0.05) is 20.1 Å². The number of hydrogen-bond acceptors (Lipinski definition) is 5. The van der Waals surface area contributed by atoms with E-state index in [1.807, 2.05) is 6.92 Å². The molecule has 7 nitrogen and oxygen atoms in total. The van der Waals surface area contributed by atoms with Crippen molar-refractivity contribution in [2.75, 3.05) is 18.8 Å². The molecule has 0 radical (unpaired) electrons. The van der Waals surface area contributed by atoms with Gasteiger partial charge < -0.3 is 15.4 Å². The van der Waals surface area contributed by atoms with Crippen LogP contribution in [0.1, 0.15) is 19.8 Å². The predicted octanol–water partition coefficient (Wildman–Crippen LogP) is -0.462. The van der Waals surface area contributed by atoms with Gasteiger partial charge in [0.1, 0.15) is 0 Å². The number of nitrogens with two attached hydrogens (primary N) is 1. The first-order valence-corrected chi connectivity index (χ1v) is 7.23. The summed E-state index contributed by atoms with van der Waals surface area (Å²) in [4.78, 5) is 3.77. The molecular formula is C10H18N4O3S. The minimum atomic E-state index is -3.66. The molecule has 0 spiro atoms. The van der Waals surface area contributed by atoms with Crippen LogP contribution in [-0.4, -0.2) is 46.1 Å². The van der Waals surface area contributed by atoms with Gasteiger partial charge in [-0.2, -0.15) is 4.31 Å². The van der Waals surface area contributed by atoms with Crippen molar-refractivity contribution in [3.63, 3.8) is 0 Å². The standard InChI is InChI=1S/C10H18N4O3S/c1-3-4-10(15)5-14(6-10)18(16,17)9-8(11)12-7-13(9)2/h7,15H,3-6,11H2,1-2H3. The van der Waals surface area contributed by atoms with Gasteiger partial charge in [-0.3, -0.25) is 0 Å². The van der Waals surface area contributed by atoms with E-state index in [0.29, 0.717) is 6.42 Å². The average Bonchev–Trinajstić information content (AvgIpc) is 2.55. The number of imidazole rings is 1. The lowest BCUT2D eigenvalue weighted by Crippen LogP contribution is -2.63. The van der Waals surface area contributed by atoms with Crippen LogP contribution in [-0.2, 0) is 17.1 Å². The van der Waals surface area contributed by atoms with Gasteiger partial charge in [0.15, 0.2) is 10.8 Å². The van der Waals surface area contributed by atoms with Crippen LogP contribution in [0.5, 0.6) is 0 Å². The fourth-order valence-corrected chi connectivity index (χ4v) is 4.07. The van der Waals surface area contributed by atoms with Crippen LogP contribution in [0.2, 0.25) is 0 Å². The molecule has 2 rings (SSSR count). The molecule has 1 aromatic rings. The van der Waals surface area contributed by atoms with E-state index < -0.39 is 15.6 Å². The summed E-state index contributed by atoms with van der Waals surface area (Å²) in [6.45, 7) is 2.19. The number of β-amino-alcohol motifs (C(OH)–C–C–N with tert-alkyl or cyclic N) is 1. The van der Waals surface area contributed by atoms with E-state index in [4.69, 9.17) is 5.73 Å². The van der Waals surface area contributed by atoms with E-state index in [1.165, 1.54) is 15.2 Å². The molecule has 0 bridgehead atoms. The Hall–Kier alpha value is -1.12. The summed E-state index contributed by atoms with van der Waals surface area (Å²) in [6.07, 6.45) is 2.78. The summed E-state index contributed by atoms with van der Waals surface area (Å²) in [6, 6.07) is 0. The highest BCUT2D eigenvalue weighted by Crippen LogP contribution is 2.32. The minimum absolute atomic E-state index is 0.0107. The lowest BCUT2D eigenvalue weighted by molar-refractivity contribution is -0.0654. The molecule has 1 aliphatic rings. The summed E-state index contributed by atoms with van der Waals surface area (Å²) in [5, 5.41) is 10.0. The fourth-order valence-electron chi connectivity index (χ4n) is 2.28. The predicted molar refractivity (Wildman–Crippen MR) is 66.2 cm³/mol. The van der Waals surface area contributed by atoms with Crippen LogP contribution in [0.4, 0.5) is 5.82 Å². The van der Waals surface area contributed by atoms with Crippen molar-refractivity contribution in [1.29, 1.82) is 0 Å². The molecule has 0 aromatic carbocycles. The second kappa shape index (κ2) is 4.22. The zero-order valence-corrected chi connectivity index (χ0v) is 11.3. The molecule has 0 atom stereocenters. The molecule has 1 aliphatic heterocycles. The maximum Gasteiger partial charge on any atom is 0.262 e. The summed E-state index contributed by atoms with van der Waals surface area (Å²) in [5.41, 5.74) is 4.68. The molecule has 102 valence electrons. The van der Waals surface area contributed by atoms with Gasteiger partial charge in [-0.15, -0.1) is 0 Å². The number of rotatable bonds is 4. The van der Waals surface area contributed by atoms with Crippen molar-refractivity contribution < 1.29 is 13.5 Å². The first-order chi connectivity index (χ1) is 8.30. The van der Waals surface area contributed by atoms with Gasteiger partial charge in [-0.1, -0.05) is 13.3 Å². The fraction of sp³-hybridized carbons (Fsp3) is 0.700. The molecule has 1 aromatic heterocycles. The lowest BCUT2D eigenvalue weighted by Gasteiger charge is -2.45. The summed E-state index contributed by atoms with van der Waals surface area (Å²) in [7, 11) is -2.08. The minimum Gasteiger partial charge on any atom is -0.387 e. The molecule has 2 heterocycles. The van der Waals surface area contributed by atoms with Crippen LogP contribution in [0.3, 0.4) is 0 Å². The first kappa shape index (κ1) is 13.3. The van der Waals surface area contributed by atoms with E-state index in [1.54, 1.807) is 7.05 Å². The lowest BCUT2D eigenvalue weighted by atomic mass is 9.92. The van der Waals surface area contributed by atoms with Crippen LogP contribution in [0.25, 0.3) is 0 Å². The van der Waals surface area contributed by atoms with Gasteiger partial charge in [0.05, 0.1) is 11.9 Å². The largest absolute Gasteiger partial charge is 0.387 e. The first-order valence-electron chi connectivity index (χ1n) is 5.79. The van der Waals surface area contributed by atoms with E-state index >= 15 is 0 Å². The third-order valence-corrected chi connectivity index (χ3v) is 5.07. The van der Waals surface area contributed by atoms with Crippen molar-refractivity contribution in [2.45, 2.75) is 30.4 Å². The maximum absolute atomic E-state index is 12.3. The number of aromatic nitrogens is 2. The maximum atomic E-state index is 12.3. The number of aliphatic hydroxyl groups is 1. The molecule has 18 heavy (non-hydrogen) atoms. The zero-order chi connectivity index (χ0) is 13.6. The van der Waals surface area contributed by atoms with Crippen LogP contribution >= 0.6 is 0 Å². The molecule has 1 saturated heterocycles. The van der Waals surface area contributed by atoms with Gasteiger partial charge in [0.2, 0.25) is 0 Å². The van der Waals surface area contributed by atoms with Crippen molar-refractivity contribution in [3.05, 3.63) is 6.33 Å². The normalized spacial score (nSPS) is 19.7. The summed E-state index contributed by atoms with van der Waals surface area (Å²) < 4.78 is 27.2. The number of nitrogens with zero attached hydrogens (tertiary/aromatic N) is 3. The van der Waals surface area contributed by atoms with Crippen LogP contribution < -0.4 is 5.73 Å². The van der Waals surface area contributed by atoms with Crippen molar-refractivity contribution in [3.8, 4) is 0 Å². The highest BCUT2D eigenvalue weighted by Gasteiger charge is 2.47. The van der Waals surface area contributed by atoms with Gasteiger partial charge in [-0.25, -0.2) is 13.4 Å². The SMILES string of the molecule is CCCC1(O)CN(S(=O)(=O)c2c(N)ncn2C)C1. The molecular weight excluding hydrogens is 256 g/mol. The van der Waals surface area contributed by atoms with E-state index in [9.17, 15) is 13.5 Å². The van der Waals surface area contributed by atoms with Gasteiger partial charge >= 0.3 is 0 Å². The Bertz CT molecular complexity index is 526. The van der Waals surface area contributed by atoms with Gasteiger partial charge in [-0.05, 0) is 6.42 Å². The smallest absolute Gasteiger partial charge is 0.262 e. The Kier molecular flexibility index (Phi) is 3.12. The molecule has 3 N–H and O–H groups in total. The topological polar surface area (TPSA) is 101 Å². The van der Waals surface area contributed by atoms with E-state index in [2.05, 4.69) is 4.98 Å². The second-order valence-electron chi connectivity index (χ2n) is 4.79. The second-order valence-corrected chi connectivity index (χ2v) is 6.65. The Morgan fingerprint density at radius 1 is 1.56 bits per heavy atom. The summed E-state index contributed by atoms with van der Waals surface area (Å²) >= 11 is 0. The number of nitrogen functional groups attached to an aromatic ring is 1. The Morgan fingerprint density at radius 2 is 2.17 bits per heavy atom. The van der Waals surface area contributed by atoms with Gasteiger partial charge in [0.25, 0.3) is 10.0 Å². The highest BCUT2D eigenvalue weighted by atomic mass is 32.2. The third-order valence-electron chi connectivity index (χ3n) is 3.15. The third kappa shape index (κ3) is 2.00. The molecule has 8 heteroatoms. The van der Waals surface area contributed by atoms with E-state index in [-0.39, 0.29) is 23.9 Å². The van der Waals surface area contributed by atoms with Crippen molar-refractivity contribution >= 4 is 15.8 Å². The Labute approximate surface area is 106 Å². The van der Waals surface area contributed by atoms with Crippen LogP contribution in [0, 0.1) is 0 Å². The number of anilines is 1. The molecule has 0 aliphatic carbocycles. The number of aryl methyl sites for hydroxylation is 1. The highest BCUT2D eigenvalue weighted by molar-refractivity contribution is 7.89. The number of sulfonamides is 1. The zero-order valence-electron chi connectivity index (χ0n) is 10.5. The quantitative estimate of drug-likeness (QED) is 0.773. The monoisotopic (exact) mass is 274 g/mol. The molecule has 0 saturated carbocycles. The average molecular weight is 274 g/mol. The molecule has 0 unspecified atom stereocenters. The Morgan fingerprint density at radius 3 is 2.61 bits per heavy atom. The van der Waals surface area contributed by atoms with Crippen molar-refractivity contribution in [1.82, 2.24) is 13.9 Å². The van der Waals surface area contributed by atoms with E-state index in [0.717, 1.165) is 6.42 Å². The number of hydrogen-bond donors (Lipinski definition) is 2. The van der Waals surface area contributed by atoms with Crippen molar-refractivity contribution in [2.24, 2.45) is 7.05 Å². The molecule has 1 fully saturated rings. The Balaban J connectivity index is 2.21. The molecule has 0 amide bonds.